The third-order valence-corrected chi connectivity index (χ3v) is 3.93. The minimum absolute atomic E-state index is 0.543. The molecule has 88 valence electrons. The summed E-state index contributed by atoms with van der Waals surface area (Å²) in [6.45, 7) is 2.21. The summed E-state index contributed by atoms with van der Waals surface area (Å²) in [7, 11) is 0. The molecule has 4 nitrogen and oxygen atoms in total. The van der Waals surface area contributed by atoms with Gasteiger partial charge in [-0.2, -0.15) is 0 Å². The lowest BCUT2D eigenvalue weighted by Crippen LogP contribution is -1.95. The molecule has 0 spiro atoms. The zero-order valence-corrected chi connectivity index (χ0v) is 11.1. The minimum Gasteiger partial charge on any atom is -0.396 e. The molecule has 0 bridgehead atoms. The first-order valence-corrected chi connectivity index (χ1v) is 6.45. The summed E-state index contributed by atoms with van der Waals surface area (Å²) in [6.07, 6.45) is 3.99. The summed E-state index contributed by atoms with van der Waals surface area (Å²) < 4.78 is 0.666. The summed E-state index contributed by atoms with van der Waals surface area (Å²) in [5.74, 6) is 1.39. The highest BCUT2D eigenvalue weighted by Gasteiger charge is 2.24. The van der Waals surface area contributed by atoms with Crippen LogP contribution in [0.1, 0.15) is 30.7 Å². The van der Waals surface area contributed by atoms with Gasteiger partial charge in [-0.3, -0.25) is 0 Å². The van der Waals surface area contributed by atoms with Gasteiger partial charge in [0.15, 0.2) is 0 Å². The summed E-state index contributed by atoms with van der Waals surface area (Å²) in [6, 6.07) is 1.89. The van der Waals surface area contributed by atoms with Gasteiger partial charge in [0.05, 0.1) is 11.4 Å². The lowest BCUT2D eigenvalue weighted by Gasteiger charge is -2.04. The highest BCUT2D eigenvalue weighted by atomic mass is 79.9. The summed E-state index contributed by atoms with van der Waals surface area (Å²) in [5, 5.41) is 0. The molecule has 5 heteroatoms. The van der Waals surface area contributed by atoms with Crippen LogP contribution in [0, 0.1) is 0 Å². The van der Waals surface area contributed by atoms with Crippen molar-refractivity contribution in [1.82, 2.24) is 15.0 Å². The van der Waals surface area contributed by atoms with Gasteiger partial charge in [-0.25, -0.2) is 9.97 Å². The molecule has 0 aliphatic heterocycles. The standard InChI is InChI=1S/C12H13BrN4/c1-6-2-3-8-10(6)17-12(16-8)7-4-5-15-11(13)9(7)14/h4-6H,2-3,14H2,1H3,(H,16,17). The van der Waals surface area contributed by atoms with Crippen molar-refractivity contribution in [2.75, 3.05) is 5.73 Å². The molecule has 1 atom stereocenters. The van der Waals surface area contributed by atoms with Gasteiger partial charge in [-0.15, -0.1) is 0 Å². The lowest BCUT2D eigenvalue weighted by atomic mass is 10.1. The molecule has 0 fully saturated rings. The molecule has 2 aromatic rings. The maximum absolute atomic E-state index is 6.00. The lowest BCUT2D eigenvalue weighted by molar-refractivity contribution is 0.726. The van der Waals surface area contributed by atoms with Gasteiger partial charge in [-0.05, 0) is 34.8 Å². The maximum Gasteiger partial charge on any atom is 0.140 e. The fraction of sp³-hybridized carbons (Fsp3) is 0.333. The van der Waals surface area contributed by atoms with E-state index < -0.39 is 0 Å². The number of hydrogen-bond donors (Lipinski definition) is 2. The van der Waals surface area contributed by atoms with E-state index in [1.165, 1.54) is 17.8 Å². The van der Waals surface area contributed by atoms with E-state index in [4.69, 9.17) is 5.73 Å². The number of fused-ring (bicyclic) bond motifs is 1. The van der Waals surface area contributed by atoms with Gasteiger partial charge in [0, 0.05) is 23.4 Å². The number of nitrogens with one attached hydrogen (secondary N) is 1. The first-order valence-electron chi connectivity index (χ1n) is 5.66. The number of halogens is 1. The third-order valence-electron chi connectivity index (χ3n) is 3.30. The smallest absolute Gasteiger partial charge is 0.140 e. The second-order valence-electron chi connectivity index (χ2n) is 4.45. The summed E-state index contributed by atoms with van der Waals surface area (Å²) >= 11 is 3.33. The second kappa shape index (κ2) is 3.84. The number of pyridine rings is 1. The average molecular weight is 293 g/mol. The third kappa shape index (κ3) is 1.65. The van der Waals surface area contributed by atoms with Crippen molar-refractivity contribution < 1.29 is 0 Å². The van der Waals surface area contributed by atoms with Gasteiger partial charge < -0.3 is 10.7 Å². The fourth-order valence-electron chi connectivity index (χ4n) is 2.30. The van der Waals surface area contributed by atoms with Gasteiger partial charge in [-0.1, -0.05) is 6.92 Å². The van der Waals surface area contributed by atoms with Crippen LogP contribution in [-0.2, 0) is 6.42 Å². The van der Waals surface area contributed by atoms with E-state index in [-0.39, 0.29) is 0 Å². The van der Waals surface area contributed by atoms with Crippen LogP contribution in [0.5, 0.6) is 0 Å². The first-order chi connectivity index (χ1) is 8.16. The van der Waals surface area contributed by atoms with Crippen molar-refractivity contribution in [3.05, 3.63) is 28.3 Å². The number of rotatable bonds is 1. The van der Waals surface area contributed by atoms with Crippen LogP contribution in [-0.4, -0.2) is 15.0 Å². The van der Waals surface area contributed by atoms with Crippen molar-refractivity contribution >= 4 is 21.6 Å². The molecule has 1 aliphatic rings. The molecule has 17 heavy (non-hydrogen) atoms. The predicted octanol–water partition coefficient (Wildman–Crippen LogP) is 2.87. The normalized spacial score (nSPS) is 18.4. The van der Waals surface area contributed by atoms with Crippen molar-refractivity contribution in [2.24, 2.45) is 0 Å². The number of aromatic amines is 1. The van der Waals surface area contributed by atoms with E-state index in [1.54, 1.807) is 6.20 Å². The van der Waals surface area contributed by atoms with Crippen molar-refractivity contribution in [3.63, 3.8) is 0 Å². The molecule has 0 aromatic carbocycles. The number of nitrogen functional groups attached to an aromatic ring is 1. The van der Waals surface area contributed by atoms with Gasteiger partial charge in [0.2, 0.25) is 0 Å². The topological polar surface area (TPSA) is 67.6 Å². The Morgan fingerprint density at radius 3 is 3.12 bits per heavy atom. The van der Waals surface area contributed by atoms with Crippen LogP contribution in [0.4, 0.5) is 5.69 Å². The molecule has 3 rings (SSSR count). The SMILES string of the molecule is CC1CCc2[nH]c(-c3ccnc(Br)c3N)nc21. The van der Waals surface area contributed by atoms with E-state index in [2.05, 4.69) is 37.8 Å². The number of H-pyrrole nitrogens is 1. The highest BCUT2D eigenvalue weighted by molar-refractivity contribution is 9.10. The molecular formula is C12H13BrN4. The first kappa shape index (κ1) is 10.8. The van der Waals surface area contributed by atoms with Crippen LogP contribution in [0.15, 0.2) is 16.9 Å². The maximum atomic E-state index is 6.00. The molecular weight excluding hydrogens is 280 g/mol. The van der Waals surface area contributed by atoms with Crippen LogP contribution in [0.25, 0.3) is 11.4 Å². The molecule has 2 heterocycles. The van der Waals surface area contributed by atoms with Crippen LogP contribution in [0.2, 0.25) is 0 Å². The molecule has 1 unspecified atom stereocenters. The van der Waals surface area contributed by atoms with E-state index in [9.17, 15) is 0 Å². The zero-order valence-electron chi connectivity index (χ0n) is 9.50. The molecule has 0 saturated heterocycles. The quantitative estimate of drug-likeness (QED) is 0.794. The number of aromatic nitrogens is 3. The molecule has 0 radical (unpaired) electrons. The number of hydrogen-bond acceptors (Lipinski definition) is 3. The van der Waals surface area contributed by atoms with E-state index >= 15 is 0 Å². The number of aryl methyl sites for hydroxylation is 1. The van der Waals surface area contributed by atoms with Crippen LogP contribution < -0.4 is 5.73 Å². The van der Waals surface area contributed by atoms with Crippen molar-refractivity contribution in [3.8, 4) is 11.4 Å². The molecule has 3 N–H and O–H groups in total. The Morgan fingerprint density at radius 2 is 2.35 bits per heavy atom. The molecule has 0 amide bonds. The van der Waals surface area contributed by atoms with Crippen LogP contribution in [0.3, 0.4) is 0 Å². The Labute approximate surface area is 108 Å². The van der Waals surface area contributed by atoms with Gasteiger partial charge >= 0.3 is 0 Å². The zero-order chi connectivity index (χ0) is 12.0. The minimum atomic E-state index is 0.543. The van der Waals surface area contributed by atoms with E-state index in [0.29, 0.717) is 16.2 Å². The average Bonchev–Trinajstić information content (AvgIpc) is 2.85. The molecule has 0 saturated carbocycles. The molecule has 1 aliphatic carbocycles. The monoisotopic (exact) mass is 292 g/mol. The molecule has 2 aromatic heterocycles. The van der Waals surface area contributed by atoms with E-state index in [0.717, 1.165) is 17.8 Å². The summed E-state index contributed by atoms with van der Waals surface area (Å²) in [5.41, 5.74) is 9.98. The Hall–Kier alpha value is -1.36. The van der Waals surface area contributed by atoms with Crippen molar-refractivity contribution in [1.29, 1.82) is 0 Å². The Kier molecular flexibility index (Phi) is 2.43. The van der Waals surface area contributed by atoms with Gasteiger partial charge in [0.25, 0.3) is 0 Å². The number of nitrogens with zero attached hydrogens (tertiary/aromatic N) is 2. The Bertz CT molecular complexity index is 576. The van der Waals surface area contributed by atoms with Gasteiger partial charge in [0.1, 0.15) is 10.4 Å². The predicted molar refractivity (Wildman–Crippen MR) is 70.7 cm³/mol. The van der Waals surface area contributed by atoms with E-state index in [1.807, 2.05) is 6.07 Å². The fourth-order valence-corrected chi connectivity index (χ4v) is 2.63. The Morgan fingerprint density at radius 1 is 1.53 bits per heavy atom. The number of anilines is 1. The van der Waals surface area contributed by atoms with Crippen molar-refractivity contribution in [2.45, 2.75) is 25.7 Å². The Balaban J connectivity index is 2.11. The number of nitrogens with two attached hydrogens (primary N) is 1. The van der Waals surface area contributed by atoms with Crippen LogP contribution >= 0.6 is 15.9 Å². The highest BCUT2D eigenvalue weighted by Crippen LogP contribution is 2.35. The summed E-state index contributed by atoms with van der Waals surface area (Å²) in [4.78, 5) is 12.1. The second-order valence-corrected chi connectivity index (χ2v) is 5.20. The number of imidazole rings is 1. The largest absolute Gasteiger partial charge is 0.396 e.